The van der Waals surface area contributed by atoms with Gasteiger partial charge in [-0.3, -0.25) is 0 Å². The van der Waals surface area contributed by atoms with Crippen molar-refractivity contribution < 1.29 is 22.8 Å². The van der Waals surface area contributed by atoms with Crippen molar-refractivity contribution in [2.24, 2.45) is 5.41 Å². The highest BCUT2D eigenvalue weighted by molar-refractivity contribution is 5.88. The quantitative estimate of drug-likeness (QED) is 0.550. The Labute approximate surface area is 188 Å². The highest BCUT2D eigenvalue weighted by Crippen LogP contribution is 2.48. The van der Waals surface area contributed by atoms with Crippen LogP contribution in [0.25, 0.3) is 11.0 Å². The van der Waals surface area contributed by atoms with E-state index in [2.05, 4.69) is 23.1 Å². The van der Waals surface area contributed by atoms with Crippen LogP contribution in [0.2, 0.25) is 0 Å². The summed E-state index contributed by atoms with van der Waals surface area (Å²) in [4.78, 5) is 18.4. The number of alkyl halides is 2. The van der Waals surface area contributed by atoms with E-state index in [-0.39, 0.29) is 17.8 Å². The highest BCUT2D eigenvalue weighted by Gasteiger charge is 2.52. The number of benzene rings is 1. The number of carbonyl (C=O) groups excluding carboxylic acids is 1. The van der Waals surface area contributed by atoms with Gasteiger partial charge >= 0.3 is 6.09 Å². The van der Waals surface area contributed by atoms with Gasteiger partial charge in [0.05, 0.1) is 35.5 Å². The van der Waals surface area contributed by atoms with Gasteiger partial charge in [0.25, 0.3) is 5.92 Å². The number of carbonyl (C=O) groups is 1. The van der Waals surface area contributed by atoms with Gasteiger partial charge in [-0.2, -0.15) is 14.0 Å². The molecule has 8 nitrogen and oxygen atoms in total. The third kappa shape index (κ3) is 3.81. The van der Waals surface area contributed by atoms with Crippen molar-refractivity contribution in [3.05, 3.63) is 41.9 Å². The van der Waals surface area contributed by atoms with Crippen molar-refractivity contribution in [3.8, 4) is 6.07 Å². The fourth-order valence-corrected chi connectivity index (χ4v) is 5.21. The second-order valence-electron chi connectivity index (χ2n) is 9.60. The van der Waals surface area contributed by atoms with Crippen molar-refractivity contribution >= 4 is 23.0 Å². The van der Waals surface area contributed by atoms with Crippen LogP contribution in [0.15, 0.2) is 35.1 Å². The molecule has 0 N–H and O–H groups in total. The molecule has 2 atom stereocenters. The maximum absolute atomic E-state index is 13.6. The Morgan fingerprint density at radius 1 is 1.30 bits per heavy atom. The fraction of sp³-hybridized carbons (Fsp3) is 0.478. The molecule has 1 spiro atoms. The number of nitriles is 1. The standard InChI is InChI=1S/C23H23F2N5O3/c1-21(12-29-14-27-16-5-4-15(10-26)8-17(16)29)6-3-7-23(11-21)13-30(20(31)32-23)19-9-18(28-33-19)22(2,24)25/h4-5,8-9,14H,3,6-7,11-13H2,1-2H3/t21-,23-/m0/s1. The Bertz CT molecular complexity index is 1270. The number of nitrogens with zero attached hydrogens (tertiary/aromatic N) is 5. The van der Waals surface area contributed by atoms with E-state index in [1.165, 1.54) is 4.90 Å². The number of ether oxygens (including phenoxy) is 1. The lowest BCUT2D eigenvalue weighted by molar-refractivity contribution is -0.0264. The molecule has 3 aromatic rings. The molecule has 1 amide bonds. The second kappa shape index (κ2) is 7.27. The molecule has 5 rings (SSSR count). The van der Waals surface area contributed by atoms with E-state index in [0.717, 1.165) is 36.9 Å². The zero-order valence-corrected chi connectivity index (χ0v) is 18.3. The summed E-state index contributed by atoms with van der Waals surface area (Å²) in [6, 6.07) is 8.65. The molecule has 1 saturated heterocycles. The topological polar surface area (TPSA) is 97.2 Å². The molecule has 0 unspecified atom stereocenters. The summed E-state index contributed by atoms with van der Waals surface area (Å²) in [6.07, 6.45) is 4.21. The lowest BCUT2D eigenvalue weighted by Gasteiger charge is -2.43. The van der Waals surface area contributed by atoms with Crippen LogP contribution in [0.4, 0.5) is 19.5 Å². The van der Waals surface area contributed by atoms with E-state index >= 15 is 0 Å². The molecule has 1 aliphatic carbocycles. The summed E-state index contributed by atoms with van der Waals surface area (Å²) in [5, 5.41) is 12.7. The van der Waals surface area contributed by atoms with Crippen LogP contribution >= 0.6 is 0 Å². The zero-order valence-electron chi connectivity index (χ0n) is 18.3. The molecule has 0 radical (unpaired) electrons. The lowest BCUT2D eigenvalue weighted by Crippen LogP contribution is -2.45. The minimum absolute atomic E-state index is 0.0367. The Kier molecular flexibility index (Phi) is 4.71. The van der Waals surface area contributed by atoms with Crippen LogP contribution in [0.5, 0.6) is 0 Å². The van der Waals surface area contributed by atoms with E-state index in [9.17, 15) is 18.8 Å². The maximum Gasteiger partial charge on any atom is 0.417 e. The molecule has 0 bridgehead atoms. The molecule has 10 heteroatoms. The molecule has 3 heterocycles. The number of aromatic nitrogens is 3. The molecule has 2 aromatic heterocycles. The average molecular weight is 455 g/mol. The summed E-state index contributed by atoms with van der Waals surface area (Å²) in [5.74, 6) is -3.20. The van der Waals surface area contributed by atoms with E-state index in [1.807, 2.05) is 16.7 Å². The van der Waals surface area contributed by atoms with Crippen molar-refractivity contribution in [1.29, 1.82) is 5.26 Å². The van der Waals surface area contributed by atoms with Crippen LogP contribution in [-0.2, 0) is 17.2 Å². The van der Waals surface area contributed by atoms with E-state index in [4.69, 9.17) is 9.26 Å². The fourth-order valence-electron chi connectivity index (χ4n) is 5.21. The van der Waals surface area contributed by atoms with Gasteiger partial charge in [0, 0.05) is 19.5 Å². The SMILES string of the molecule is CC(F)(F)c1cc(N2C[C@@]3(CCC[C@](C)(Cn4cnc5ccc(C#N)cc54)C3)OC2=O)on1. The van der Waals surface area contributed by atoms with Crippen LogP contribution in [0.1, 0.15) is 50.8 Å². The summed E-state index contributed by atoms with van der Waals surface area (Å²) < 4.78 is 40.0. The van der Waals surface area contributed by atoms with Gasteiger partial charge in [-0.05, 0) is 49.3 Å². The van der Waals surface area contributed by atoms with Crippen molar-refractivity contribution in [2.45, 2.75) is 57.6 Å². The lowest BCUT2D eigenvalue weighted by atomic mass is 9.68. The smallest absolute Gasteiger partial charge is 0.417 e. The van der Waals surface area contributed by atoms with Gasteiger partial charge in [0.15, 0.2) is 5.69 Å². The summed E-state index contributed by atoms with van der Waals surface area (Å²) in [6.45, 7) is 3.74. The first-order valence-electron chi connectivity index (χ1n) is 10.8. The van der Waals surface area contributed by atoms with Crippen molar-refractivity contribution in [1.82, 2.24) is 14.7 Å². The van der Waals surface area contributed by atoms with Gasteiger partial charge in [0.2, 0.25) is 5.88 Å². The Hall–Kier alpha value is -3.48. The molecule has 2 fully saturated rings. The Morgan fingerprint density at radius 3 is 2.85 bits per heavy atom. The predicted octanol–water partition coefficient (Wildman–Crippen LogP) is 4.98. The second-order valence-corrected chi connectivity index (χ2v) is 9.60. The van der Waals surface area contributed by atoms with Crippen molar-refractivity contribution in [3.63, 3.8) is 0 Å². The van der Waals surface area contributed by atoms with Gasteiger partial charge in [-0.1, -0.05) is 12.1 Å². The van der Waals surface area contributed by atoms with Crippen molar-refractivity contribution in [2.75, 3.05) is 11.4 Å². The van der Waals surface area contributed by atoms with E-state index in [0.29, 0.717) is 24.9 Å². The average Bonchev–Trinajstić information content (AvgIpc) is 3.45. The summed E-state index contributed by atoms with van der Waals surface area (Å²) in [7, 11) is 0. The Balaban J connectivity index is 1.38. The van der Waals surface area contributed by atoms with Crippen LogP contribution in [0.3, 0.4) is 0 Å². The number of rotatable bonds is 4. The molecule has 1 aromatic carbocycles. The molecular weight excluding hydrogens is 432 g/mol. The molecular formula is C23H23F2N5O3. The molecule has 1 aliphatic heterocycles. The van der Waals surface area contributed by atoms with Gasteiger partial charge < -0.3 is 13.8 Å². The summed E-state index contributed by atoms with van der Waals surface area (Å²) in [5.41, 5.74) is 0.806. The number of halogens is 2. The monoisotopic (exact) mass is 455 g/mol. The first-order chi connectivity index (χ1) is 15.6. The number of hydrogen-bond donors (Lipinski definition) is 0. The highest BCUT2D eigenvalue weighted by atomic mass is 19.3. The maximum atomic E-state index is 13.6. The Morgan fingerprint density at radius 2 is 2.12 bits per heavy atom. The van der Waals surface area contributed by atoms with Gasteiger partial charge in [-0.25, -0.2) is 14.7 Å². The number of anilines is 1. The van der Waals surface area contributed by atoms with Crippen LogP contribution in [-0.4, -0.2) is 32.9 Å². The third-order valence-corrected chi connectivity index (χ3v) is 6.65. The molecule has 172 valence electrons. The number of hydrogen-bond acceptors (Lipinski definition) is 6. The number of imidazole rings is 1. The largest absolute Gasteiger partial charge is 0.441 e. The minimum Gasteiger partial charge on any atom is -0.441 e. The number of amides is 1. The van der Waals surface area contributed by atoms with Crippen LogP contribution < -0.4 is 4.90 Å². The van der Waals surface area contributed by atoms with E-state index < -0.39 is 23.3 Å². The zero-order chi connectivity index (χ0) is 23.4. The summed E-state index contributed by atoms with van der Waals surface area (Å²) >= 11 is 0. The minimum atomic E-state index is -3.16. The molecule has 33 heavy (non-hydrogen) atoms. The predicted molar refractivity (Wildman–Crippen MR) is 114 cm³/mol. The van der Waals surface area contributed by atoms with Gasteiger partial charge in [-0.15, -0.1) is 0 Å². The normalized spacial score (nSPS) is 25.5. The third-order valence-electron chi connectivity index (χ3n) is 6.65. The van der Waals surface area contributed by atoms with E-state index in [1.54, 1.807) is 12.4 Å². The van der Waals surface area contributed by atoms with Crippen LogP contribution in [0, 0.1) is 16.7 Å². The first-order valence-corrected chi connectivity index (χ1v) is 10.8. The molecule has 2 aliphatic rings. The number of fused-ring (bicyclic) bond motifs is 1. The van der Waals surface area contributed by atoms with Gasteiger partial charge in [0.1, 0.15) is 5.60 Å². The first kappa shape index (κ1) is 21.4. The molecule has 1 saturated carbocycles.